The van der Waals surface area contributed by atoms with Gasteiger partial charge in [-0.25, -0.2) is 0 Å². The summed E-state index contributed by atoms with van der Waals surface area (Å²) in [6.45, 7) is 0. The topological polar surface area (TPSA) is 67.9 Å². The van der Waals surface area contributed by atoms with E-state index < -0.39 is 12.0 Å². The van der Waals surface area contributed by atoms with Gasteiger partial charge in [-0.05, 0) is 78.6 Å². The maximum atomic E-state index is 14.2. The summed E-state index contributed by atoms with van der Waals surface area (Å²) in [5.74, 6) is 1.43. The third-order valence-electron chi connectivity index (χ3n) is 8.18. The largest absolute Gasteiger partial charge is 0.497 e. The Morgan fingerprint density at radius 2 is 1.39 bits per heavy atom. The van der Waals surface area contributed by atoms with Crippen LogP contribution in [0.25, 0.3) is 0 Å². The average molecular weight is 547 g/mol. The van der Waals surface area contributed by atoms with Gasteiger partial charge in [-0.2, -0.15) is 0 Å². The zero-order valence-corrected chi connectivity index (χ0v) is 23.2. The van der Waals surface area contributed by atoms with Gasteiger partial charge in [-0.1, -0.05) is 67.8 Å². The highest BCUT2D eigenvalue weighted by atomic mass is 16.5. The second-order valence-corrected chi connectivity index (χ2v) is 10.7. The van der Waals surface area contributed by atoms with E-state index in [4.69, 9.17) is 9.47 Å². The minimum Gasteiger partial charge on any atom is -0.497 e. The number of carbonyl (C=O) groups is 2. The fourth-order valence-electron chi connectivity index (χ4n) is 6.20. The Balaban J connectivity index is 1.35. The van der Waals surface area contributed by atoms with Crippen molar-refractivity contribution in [3.05, 3.63) is 120 Å². The molecule has 0 aromatic heterocycles. The number of anilines is 1. The van der Waals surface area contributed by atoms with Crippen molar-refractivity contribution in [3.8, 4) is 17.2 Å². The molecular formula is C35H34N2O4. The summed E-state index contributed by atoms with van der Waals surface area (Å²) in [5.41, 5.74) is 2.95. The predicted molar refractivity (Wildman–Crippen MR) is 160 cm³/mol. The first-order valence-corrected chi connectivity index (χ1v) is 14.3. The lowest BCUT2D eigenvalue weighted by molar-refractivity contribution is -0.119. The summed E-state index contributed by atoms with van der Waals surface area (Å²) in [4.78, 5) is 30.3. The van der Waals surface area contributed by atoms with E-state index in [9.17, 15) is 9.59 Å². The number of benzene rings is 4. The maximum Gasteiger partial charge on any atom is 0.254 e. The van der Waals surface area contributed by atoms with Crippen molar-refractivity contribution in [2.24, 2.45) is 0 Å². The van der Waals surface area contributed by atoms with Crippen molar-refractivity contribution in [2.75, 3.05) is 12.4 Å². The lowest BCUT2D eigenvalue weighted by atomic mass is 9.77. The Morgan fingerprint density at radius 1 is 0.756 bits per heavy atom. The number of para-hydroxylation sites is 1. The Hall–Kier alpha value is -4.58. The molecule has 1 fully saturated rings. The minimum absolute atomic E-state index is 0.000202. The van der Waals surface area contributed by atoms with Gasteiger partial charge in [-0.3, -0.25) is 9.59 Å². The molecule has 6 heteroatoms. The first-order chi connectivity index (χ1) is 20.1. The van der Waals surface area contributed by atoms with Gasteiger partial charge in [0.1, 0.15) is 17.2 Å². The standard InChI is InChI=1S/C35H34N2O4/c1-40-27-20-16-24(17-21-27)33-32(30-14-8-9-15-31(30)35(39)37(33)26-10-4-2-5-11-26)34(38)36-25-18-22-29(23-19-25)41-28-12-6-3-7-13-28/h3,6-9,12-23,26,32-33H,2,4-5,10-11H2,1H3,(H,36,38)/t32-,33+/m1/s1. The van der Waals surface area contributed by atoms with Gasteiger partial charge in [0, 0.05) is 17.3 Å². The number of hydrogen-bond acceptors (Lipinski definition) is 4. The van der Waals surface area contributed by atoms with E-state index in [1.807, 2.05) is 108 Å². The van der Waals surface area contributed by atoms with Crippen LogP contribution in [0.15, 0.2) is 103 Å². The molecule has 1 N–H and O–H groups in total. The highest BCUT2D eigenvalue weighted by molar-refractivity contribution is 6.04. The second-order valence-electron chi connectivity index (χ2n) is 10.7. The van der Waals surface area contributed by atoms with E-state index in [2.05, 4.69) is 5.32 Å². The van der Waals surface area contributed by atoms with E-state index in [0.717, 1.165) is 48.3 Å². The number of carbonyl (C=O) groups excluding carboxylic acids is 2. The highest BCUT2D eigenvalue weighted by Gasteiger charge is 2.46. The fourth-order valence-corrected chi connectivity index (χ4v) is 6.20. The zero-order valence-electron chi connectivity index (χ0n) is 23.2. The quantitative estimate of drug-likeness (QED) is 0.257. The van der Waals surface area contributed by atoms with Gasteiger partial charge in [0.05, 0.1) is 19.1 Å². The monoisotopic (exact) mass is 546 g/mol. The van der Waals surface area contributed by atoms with Gasteiger partial charge < -0.3 is 19.7 Å². The third-order valence-corrected chi connectivity index (χ3v) is 8.18. The number of methoxy groups -OCH3 is 1. The molecule has 2 aliphatic rings. The van der Waals surface area contributed by atoms with Gasteiger partial charge in [-0.15, -0.1) is 0 Å². The van der Waals surface area contributed by atoms with Gasteiger partial charge in [0.15, 0.2) is 0 Å². The van der Waals surface area contributed by atoms with Crippen LogP contribution in [0.1, 0.15) is 65.5 Å². The highest BCUT2D eigenvalue weighted by Crippen LogP contribution is 2.46. The molecule has 4 aromatic carbocycles. The third kappa shape index (κ3) is 5.55. The summed E-state index contributed by atoms with van der Waals surface area (Å²) >= 11 is 0. The average Bonchev–Trinajstić information content (AvgIpc) is 3.03. The van der Waals surface area contributed by atoms with Crippen LogP contribution < -0.4 is 14.8 Å². The lowest BCUT2D eigenvalue weighted by Gasteiger charge is -2.46. The molecule has 1 aliphatic heterocycles. The molecule has 4 aromatic rings. The Morgan fingerprint density at radius 3 is 2.10 bits per heavy atom. The molecule has 0 unspecified atom stereocenters. The molecule has 208 valence electrons. The first kappa shape index (κ1) is 26.6. The summed E-state index contributed by atoms with van der Waals surface area (Å²) < 4.78 is 11.3. The molecule has 2 atom stereocenters. The second kappa shape index (κ2) is 11.9. The summed E-state index contributed by atoms with van der Waals surface area (Å²) in [6, 6.07) is 31.9. The Kier molecular flexibility index (Phi) is 7.72. The van der Waals surface area contributed by atoms with Crippen molar-refractivity contribution in [2.45, 2.75) is 50.1 Å². The van der Waals surface area contributed by atoms with Gasteiger partial charge >= 0.3 is 0 Å². The molecule has 6 rings (SSSR count). The Bertz CT molecular complexity index is 1500. The number of hydrogen-bond donors (Lipinski definition) is 1. The van der Waals surface area contributed by atoms with E-state index >= 15 is 0 Å². The number of ether oxygens (including phenoxy) is 2. The summed E-state index contributed by atoms with van der Waals surface area (Å²) in [5, 5.41) is 3.15. The molecule has 0 radical (unpaired) electrons. The molecule has 0 spiro atoms. The predicted octanol–water partition coefficient (Wildman–Crippen LogP) is 7.74. The Labute approximate surface area is 240 Å². The summed E-state index contributed by atoms with van der Waals surface area (Å²) in [7, 11) is 1.64. The van der Waals surface area contributed by atoms with E-state index in [1.165, 1.54) is 6.42 Å². The van der Waals surface area contributed by atoms with E-state index in [0.29, 0.717) is 17.0 Å². The van der Waals surface area contributed by atoms with Crippen LogP contribution in [0, 0.1) is 0 Å². The van der Waals surface area contributed by atoms with Gasteiger partial charge in [0.25, 0.3) is 5.91 Å². The molecule has 41 heavy (non-hydrogen) atoms. The van der Waals surface area contributed by atoms with Crippen LogP contribution in [0.4, 0.5) is 5.69 Å². The fraction of sp³-hybridized carbons (Fsp3) is 0.257. The molecule has 1 aliphatic carbocycles. The molecule has 0 bridgehead atoms. The number of rotatable bonds is 7. The van der Waals surface area contributed by atoms with Crippen LogP contribution in [0.5, 0.6) is 17.2 Å². The number of nitrogens with one attached hydrogen (secondary N) is 1. The van der Waals surface area contributed by atoms with Crippen molar-refractivity contribution in [1.29, 1.82) is 0 Å². The number of fused-ring (bicyclic) bond motifs is 1. The van der Waals surface area contributed by atoms with Crippen LogP contribution in [-0.2, 0) is 4.79 Å². The van der Waals surface area contributed by atoms with Crippen LogP contribution >= 0.6 is 0 Å². The first-order valence-electron chi connectivity index (χ1n) is 14.3. The van der Waals surface area contributed by atoms with Crippen molar-refractivity contribution < 1.29 is 19.1 Å². The lowest BCUT2D eigenvalue weighted by Crippen LogP contribution is -2.51. The summed E-state index contributed by atoms with van der Waals surface area (Å²) in [6.07, 6.45) is 5.23. The van der Waals surface area contributed by atoms with E-state index in [1.54, 1.807) is 7.11 Å². The number of amides is 2. The smallest absolute Gasteiger partial charge is 0.254 e. The van der Waals surface area contributed by atoms with Crippen molar-refractivity contribution in [3.63, 3.8) is 0 Å². The van der Waals surface area contributed by atoms with Crippen LogP contribution in [0.2, 0.25) is 0 Å². The maximum absolute atomic E-state index is 14.2. The molecular weight excluding hydrogens is 512 g/mol. The molecule has 2 amide bonds. The molecule has 1 saturated carbocycles. The van der Waals surface area contributed by atoms with Crippen molar-refractivity contribution >= 4 is 17.5 Å². The normalized spacial score (nSPS) is 18.9. The van der Waals surface area contributed by atoms with E-state index in [-0.39, 0.29) is 17.9 Å². The number of nitrogens with zero attached hydrogens (tertiary/aromatic N) is 1. The zero-order chi connectivity index (χ0) is 28.2. The minimum atomic E-state index is -0.584. The molecule has 1 heterocycles. The molecule has 6 nitrogen and oxygen atoms in total. The van der Waals surface area contributed by atoms with Gasteiger partial charge in [0.2, 0.25) is 5.91 Å². The van der Waals surface area contributed by atoms with Crippen molar-refractivity contribution in [1.82, 2.24) is 4.90 Å². The SMILES string of the molecule is COc1ccc([C@H]2[C@H](C(=O)Nc3ccc(Oc4ccccc4)cc3)c3ccccc3C(=O)N2C2CCCCC2)cc1. The van der Waals surface area contributed by atoms with Crippen LogP contribution in [-0.4, -0.2) is 29.9 Å². The molecule has 0 saturated heterocycles. The van der Waals surface area contributed by atoms with Crippen LogP contribution in [0.3, 0.4) is 0 Å².